The summed E-state index contributed by atoms with van der Waals surface area (Å²) in [6.07, 6.45) is 1.99. The van der Waals surface area contributed by atoms with E-state index in [1.165, 1.54) is 0 Å². The third kappa shape index (κ3) is 9.90. The normalized spacial score (nSPS) is 15.0. The molecule has 0 aliphatic heterocycles. The molecule has 2 heteroatoms. The summed E-state index contributed by atoms with van der Waals surface area (Å²) in [5, 5.41) is 0. The highest BCUT2D eigenvalue weighted by molar-refractivity contribution is 4.81. The van der Waals surface area contributed by atoms with Gasteiger partial charge in [0.05, 0.1) is 22.4 Å². The van der Waals surface area contributed by atoms with E-state index in [2.05, 4.69) is 69.2 Å². The van der Waals surface area contributed by atoms with Crippen molar-refractivity contribution in [3.8, 4) is 0 Å². The number of hydrogen-bond acceptors (Lipinski definition) is 2. The molecule has 0 atom stereocenters. The van der Waals surface area contributed by atoms with Gasteiger partial charge in [0.25, 0.3) is 0 Å². The van der Waals surface area contributed by atoms with Crippen LogP contribution in [0.2, 0.25) is 0 Å². The Kier molecular flexibility index (Phi) is 5.48. The number of rotatable bonds is 5. The molecule has 0 heterocycles. The lowest BCUT2D eigenvalue weighted by Gasteiger charge is -2.38. The van der Waals surface area contributed by atoms with E-state index in [0.29, 0.717) is 0 Å². The predicted octanol–water partition coefficient (Wildman–Crippen LogP) is 4.95. The highest BCUT2D eigenvalue weighted by Gasteiger charge is 2.31. The van der Waals surface area contributed by atoms with Gasteiger partial charge in [-0.05, 0) is 82.1 Å². The molecule has 0 aromatic carbocycles. The van der Waals surface area contributed by atoms with Gasteiger partial charge >= 0.3 is 0 Å². The van der Waals surface area contributed by atoms with E-state index in [4.69, 9.17) is 9.47 Å². The highest BCUT2D eigenvalue weighted by atomic mass is 16.5. The van der Waals surface area contributed by atoms with E-state index in [9.17, 15) is 0 Å². The molecule has 0 aromatic heterocycles. The van der Waals surface area contributed by atoms with Crippen molar-refractivity contribution >= 4 is 0 Å². The van der Waals surface area contributed by atoms with Gasteiger partial charge in [0.2, 0.25) is 0 Å². The van der Waals surface area contributed by atoms with Crippen LogP contribution in [0.3, 0.4) is 0 Å². The maximum absolute atomic E-state index is 6.10. The van der Waals surface area contributed by atoms with Gasteiger partial charge in [-0.25, -0.2) is 0 Å². The molecule has 2 nitrogen and oxygen atoms in total. The minimum atomic E-state index is -0.114. The van der Waals surface area contributed by atoms with Gasteiger partial charge in [0.15, 0.2) is 0 Å². The summed E-state index contributed by atoms with van der Waals surface area (Å²) in [5.41, 5.74) is -0.426. The van der Waals surface area contributed by atoms with E-state index in [-0.39, 0.29) is 22.4 Å². The number of ether oxygens (including phenoxy) is 2. The van der Waals surface area contributed by atoms with Crippen molar-refractivity contribution in [2.24, 2.45) is 0 Å². The van der Waals surface area contributed by atoms with Crippen LogP contribution in [0, 0.1) is 0 Å². The first-order chi connectivity index (χ1) is 7.62. The molecular weight excluding hydrogens is 224 g/mol. The molecule has 0 N–H and O–H groups in total. The largest absolute Gasteiger partial charge is 0.370 e. The van der Waals surface area contributed by atoms with Crippen molar-refractivity contribution in [3.05, 3.63) is 0 Å². The molecule has 0 amide bonds. The summed E-state index contributed by atoms with van der Waals surface area (Å²) in [4.78, 5) is 0. The molecule has 0 radical (unpaired) electrons. The van der Waals surface area contributed by atoms with Crippen LogP contribution in [0.5, 0.6) is 0 Å². The van der Waals surface area contributed by atoms with Crippen molar-refractivity contribution in [2.45, 2.75) is 104 Å². The lowest BCUT2D eigenvalue weighted by molar-refractivity contribution is -0.146. The molecular formula is C16H34O2. The Morgan fingerprint density at radius 3 is 0.889 bits per heavy atom. The van der Waals surface area contributed by atoms with Crippen LogP contribution < -0.4 is 0 Å². The Morgan fingerprint density at radius 2 is 0.722 bits per heavy atom. The van der Waals surface area contributed by atoms with Crippen molar-refractivity contribution < 1.29 is 9.47 Å². The monoisotopic (exact) mass is 258 g/mol. The van der Waals surface area contributed by atoms with Gasteiger partial charge in [0, 0.05) is 0 Å². The fourth-order valence-electron chi connectivity index (χ4n) is 2.36. The van der Waals surface area contributed by atoms with Crippen LogP contribution in [0.15, 0.2) is 0 Å². The van der Waals surface area contributed by atoms with Gasteiger partial charge in [-0.2, -0.15) is 0 Å². The second kappa shape index (κ2) is 5.50. The Bertz CT molecular complexity index is 223. The topological polar surface area (TPSA) is 18.5 Å². The Labute approximate surface area is 114 Å². The molecule has 0 saturated carbocycles. The lowest BCUT2D eigenvalue weighted by atomic mass is 9.92. The van der Waals surface area contributed by atoms with Crippen molar-refractivity contribution in [1.29, 1.82) is 0 Å². The van der Waals surface area contributed by atoms with E-state index >= 15 is 0 Å². The number of hydrogen-bond donors (Lipinski definition) is 0. The van der Waals surface area contributed by atoms with Crippen LogP contribution in [-0.2, 0) is 9.47 Å². The van der Waals surface area contributed by atoms with E-state index in [1.807, 2.05) is 0 Å². The van der Waals surface area contributed by atoms with E-state index < -0.39 is 0 Å². The summed E-state index contributed by atoms with van der Waals surface area (Å²) in [5.74, 6) is 0. The van der Waals surface area contributed by atoms with Gasteiger partial charge < -0.3 is 9.47 Å². The molecule has 110 valence electrons. The average molecular weight is 258 g/mol. The summed E-state index contributed by atoms with van der Waals surface area (Å²) in [6, 6.07) is 0. The Morgan fingerprint density at radius 1 is 0.500 bits per heavy atom. The highest BCUT2D eigenvalue weighted by Crippen LogP contribution is 2.30. The molecule has 0 aliphatic carbocycles. The molecule has 0 spiro atoms. The summed E-state index contributed by atoms with van der Waals surface area (Å²) >= 11 is 0. The van der Waals surface area contributed by atoms with Crippen molar-refractivity contribution in [1.82, 2.24) is 0 Å². The SMILES string of the molecule is CC(C)(C)OC(C)(C)CCC(C)(C)OC(C)(C)C. The first kappa shape index (κ1) is 17.9. The zero-order valence-corrected chi connectivity index (χ0v) is 14.2. The first-order valence-electron chi connectivity index (χ1n) is 7.02. The van der Waals surface area contributed by atoms with Gasteiger partial charge in [-0.3, -0.25) is 0 Å². The van der Waals surface area contributed by atoms with Gasteiger partial charge in [-0.15, -0.1) is 0 Å². The van der Waals surface area contributed by atoms with Crippen LogP contribution in [0.4, 0.5) is 0 Å². The molecule has 0 fully saturated rings. The maximum atomic E-state index is 6.10. The van der Waals surface area contributed by atoms with Crippen LogP contribution in [-0.4, -0.2) is 22.4 Å². The van der Waals surface area contributed by atoms with Gasteiger partial charge in [0.1, 0.15) is 0 Å². The van der Waals surface area contributed by atoms with E-state index in [1.54, 1.807) is 0 Å². The molecule has 0 aliphatic rings. The average Bonchev–Trinajstić information content (AvgIpc) is 1.91. The second-order valence-corrected chi connectivity index (χ2v) is 8.45. The van der Waals surface area contributed by atoms with E-state index in [0.717, 1.165) is 12.8 Å². The smallest absolute Gasteiger partial charge is 0.0634 e. The minimum Gasteiger partial charge on any atom is -0.370 e. The van der Waals surface area contributed by atoms with Crippen LogP contribution >= 0.6 is 0 Å². The molecule has 18 heavy (non-hydrogen) atoms. The second-order valence-electron chi connectivity index (χ2n) is 8.45. The first-order valence-corrected chi connectivity index (χ1v) is 7.02. The Hall–Kier alpha value is -0.0800. The van der Waals surface area contributed by atoms with Crippen LogP contribution in [0.25, 0.3) is 0 Å². The van der Waals surface area contributed by atoms with Crippen LogP contribution in [0.1, 0.15) is 82.1 Å². The summed E-state index contributed by atoms with van der Waals surface area (Å²) in [6.45, 7) is 21.2. The lowest BCUT2D eigenvalue weighted by Crippen LogP contribution is -2.39. The minimum absolute atomic E-state index is 0.0987. The zero-order chi connectivity index (χ0) is 14.8. The third-order valence-corrected chi connectivity index (χ3v) is 2.49. The third-order valence-electron chi connectivity index (χ3n) is 2.49. The standard InChI is InChI=1S/C16H34O2/c1-13(2,3)17-15(7,8)11-12-16(9,10)18-14(4,5)6/h11-12H2,1-10H3. The van der Waals surface area contributed by atoms with Crippen molar-refractivity contribution in [3.63, 3.8) is 0 Å². The van der Waals surface area contributed by atoms with Gasteiger partial charge in [-0.1, -0.05) is 0 Å². The molecule has 0 aromatic rings. The van der Waals surface area contributed by atoms with Crippen molar-refractivity contribution in [2.75, 3.05) is 0 Å². The summed E-state index contributed by atoms with van der Waals surface area (Å²) in [7, 11) is 0. The quantitative estimate of drug-likeness (QED) is 0.694. The predicted molar refractivity (Wildman–Crippen MR) is 79.1 cm³/mol. The summed E-state index contributed by atoms with van der Waals surface area (Å²) < 4.78 is 12.2. The molecule has 0 unspecified atom stereocenters. The maximum Gasteiger partial charge on any atom is 0.0634 e. The fourth-order valence-corrected chi connectivity index (χ4v) is 2.36. The zero-order valence-electron chi connectivity index (χ0n) is 14.2. The molecule has 0 saturated heterocycles. The fraction of sp³-hybridized carbons (Fsp3) is 1.00. The molecule has 0 bridgehead atoms. The molecule has 0 rings (SSSR count). The Balaban J connectivity index is 4.38.